The van der Waals surface area contributed by atoms with E-state index in [0.717, 1.165) is 27.9 Å². The Balaban J connectivity index is 2.11. The molecule has 0 heterocycles. The number of nitrogens with one attached hydrogen (secondary N) is 1. The predicted molar refractivity (Wildman–Crippen MR) is 72.6 cm³/mol. The molecule has 0 radical (unpaired) electrons. The summed E-state index contributed by atoms with van der Waals surface area (Å²) in [6.07, 6.45) is 0. The van der Waals surface area contributed by atoms with Gasteiger partial charge >= 0.3 is 0 Å². The molecular weight excluding hydrogens is 300 g/mol. The van der Waals surface area contributed by atoms with E-state index in [1.807, 2.05) is 25.1 Å². The molecule has 2 rings (SSSR count). The van der Waals surface area contributed by atoms with Crippen molar-refractivity contribution in [3.8, 4) is 0 Å². The van der Waals surface area contributed by atoms with Crippen LogP contribution in [0.3, 0.4) is 0 Å². The highest BCUT2D eigenvalue weighted by atomic mass is 79.9. The minimum Gasteiger partial charge on any atom is -0.381 e. The number of rotatable bonds is 3. The van der Waals surface area contributed by atoms with Crippen molar-refractivity contribution in [1.29, 1.82) is 0 Å². The average Bonchev–Trinajstić information content (AvgIpc) is 2.34. The fraction of sp³-hybridized carbons (Fsp3) is 0.143. The Hall–Kier alpha value is -1.42. The Kier molecular flexibility index (Phi) is 3.97. The fourth-order valence-corrected chi connectivity index (χ4v) is 1.88. The van der Waals surface area contributed by atoms with Crippen LogP contribution < -0.4 is 5.32 Å². The zero-order valence-electron chi connectivity index (χ0n) is 9.81. The Bertz CT molecular complexity index is 570. The van der Waals surface area contributed by atoms with Crippen molar-refractivity contribution in [2.75, 3.05) is 5.32 Å². The van der Waals surface area contributed by atoms with E-state index in [1.54, 1.807) is 0 Å². The van der Waals surface area contributed by atoms with E-state index in [4.69, 9.17) is 0 Å². The molecule has 0 amide bonds. The third-order valence-electron chi connectivity index (χ3n) is 2.65. The van der Waals surface area contributed by atoms with Crippen LogP contribution in [0.5, 0.6) is 0 Å². The van der Waals surface area contributed by atoms with E-state index in [2.05, 4.69) is 21.2 Å². The van der Waals surface area contributed by atoms with Crippen LogP contribution >= 0.6 is 15.9 Å². The smallest absolute Gasteiger partial charge is 0.128 e. The van der Waals surface area contributed by atoms with Crippen LogP contribution in [0.15, 0.2) is 40.9 Å². The lowest BCUT2D eigenvalue weighted by Gasteiger charge is -2.09. The largest absolute Gasteiger partial charge is 0.381 e. The highest BCUT2D eigenvalue weighted by Crippen LogP contribution is 2.21. The summed E-state index contributed by atoms with van der Waals surface area (Å²) >= 11 is 3.41. The van der Waals surface area contributed by atoms with Crippen LogP contribution in [0.25, 0.3) is 0 Å². The van der Waals surface area contributed by atoms with Gasteiger partial charge in [0.2, 0.25) is 0 Å². The summed E-state index contributed by atoms with van der Waals surface area (Å²) in [6.45, 7) is 2.22. The van der Waals surface area contributed by atoms with Crippen molar-refractivity contribution in [2.45, 2.75) is 13.5 Å². The van der Waals surface area contributed by atoms with Crippen molar-refractivity contribution in [1.82, 2.24) is 0 Å². The molecule has 0 spiro atoms. The average molecular weight is 312 g/mol. The van der Waals surface area contributed by atoms with Gasteiger partial charge in [-0.2, -0.15) is 0 Å². The maximum absolute atomic E-state index is 13.4. The molecule has 1 nitrogen and oxygen atoms in total. The highest BCUT2D eigenvalue weighted by molar-refractivity contribution is 9.10. The molecule has 1 N–H and O–H groups in total. The number of hydrogen-bond acceptors (Lipinski definition) is 1. The van der Waals surface area contributed by atoms with Gasteiger partial charge < -0.3 is 5.32 Å². The number of halogens is 3. The molecule has 0 aliphatic heterocycles. The van der Waals surface area contributed by atoms with Crippen molar-refractivity contribution in [3.05, 3.63) is 63.6 Å². The van der Waals surface area contributed by atoms with Crippen LogP contribution in [0.1, 0.15) is 11.1 Å². The second kappa shape index (κ2) is 5.48. The van der Waals surface area contributed by atoms with Crippen molar-refractivity contribution < 1.29 is 8.78 Å². The van der Waals surface area contributed by atoms with Crippen LogP contribution in [-0.4, -0.2) is 0 Å². The summed E-state index contributed by atoms with van der Waals surface area (Å²) in [6, 6.07) is 9.20. The molecule has 0 atom stereocenters. The predicted octanol–water partition coefficient (Wildman–Crippen LogP) is 4.65. The normalized spacial score (nSPS) is 10.4. The minimum atomic E-state index is -0.430. The molecule has 94 valence electrons. The summed E-state index contributed by atoms with van der Waals surface area (Å²) < 4.78 is 27.4. The number of aryl methyl sites for hydroxylation is 1. The van der Waals surface area contributed by atoms with Crippen LogP contribution in [0.4, 0.5) is 14.5 Å². The number of hydrogen-bond donors (Lipinski definition) is 1. The van der Waals surface area contributed by atoms with Gasteiger partial charge in [-0.3, -0.25) is 0 Å². The maximum Gasteiger partial charge on any atom is 0.128 e. The molecule has 0 bridgehead atoms. The topological polar surface area (TPSA) is 12.0 Å². The van der Waals surface area contributed by atoms with E-state index in [1.165, 1.54) is 6.07 Å². The maximum atomic E-state index is 13.4. The Morgan fingerprint density at radius 3 is 2.61 bits per heavy atom. The van der Waals surface area contributed by atoms with Gasteiger partial charge in [0.15, 0.2) is 0 Å². The molecule has 4 heteroatoms. The number of benzene rings is 2. The van der Waals surface area contributed by atoms with Crippen molar-refractivity contribution in [2.24, 2.45) is 0 Å². The van der Waals surface area contributed by atoms with E-state index in [-0.39, 0.29) is 6.54 Å². The lowest BCUT2D eigenvalue weighted by atomic mass is 10.2. The first-order valence-electron chi connectivity index (χ1n) is 5.50. The summed E-state index contributed by atoms with van der Waals surface area (Å²) in [5.74, 6) is -0.835. The summed E-state index contributed by atoms with van der Waals surface area (Å²) in [4.78, 5) is 0. The minimum absolute atomic E-state index is 0.255. The molecular formula is C14H12BrF2N. The Morgan fingerprint density at radius 1 is 1.11 bits per heavy atom. The molecule has 18 heavy (non-hydrogen) atoms. The standard InChI is InChI=1S/C14H12BrF2N/c1-9-6-12(3-4-13(9)15)18-8-10-7-11(16)2-5-14(10)17/h2-7,18H,8H2,1H3. The van der Waals surface area contributed by atoms with Crippen LogP contribution in [0.2, 0.25) is 0 Å². The zero-order valence-corrected chi connectivity index (χ0v) is 11.4. The SMILES string of the molecule is Cc1cc(NCc2cc(F)ccc2F)ccc1Br. The van der Waals surface area contributed by atoms with Gasteiger partial charge in [-0.25, -0.2) is 8.78 Å². The van der Waals surface area contributed by atoms with Gasteiger partial charge in [-0.05, 0) is 48.9 Å². The highest BCUT2D eigenvalue weighted by Gasteiger charge is 2.04. The van der Waals surface area contributed by atoms with E-state index in [9.17, 15) is 8.78 Å². The molecule has 0 unspecified atom stereocenters. The molecule has 0 saturated carbocycles. The molecule has 0 aliphatic rings. The van der Waals surface area contributed by atoms with Crippen LogP contribution in [0, 0.1) is 18.6 Å². The third-order valence-corrected chi connectivity index (χ3v) is 3.54. The first-order valence-corrected chi connectivity index (χ1v) is 6.29. The monoisotopic (exact) mass is 311 g/mol. The molecule has 0 fully saturated rings. The lowest BCUT2D eigenvalue weighted by molar-refractivity contribution is 0.587. The molecule has 2 aromatic rings. The van der Waals surface area contributed by atoms with Gasteiger partial charge in [0.05, 0.1) is 0 Å². The second-order valence-electron chi connectivity index (χ2n) is 4.05. The van der Waals surface area contributed by atoms with Gasteiger partial charge in [-0.15, -0.1) is 0 Å². The van der Waals surface area contributed by atoms with Gasteiger partial charge in [0.1, 0.15) is 11.6 Å². The van der Waals surface area contributed by atoms with Crippen molar-refractivity contribution >= 4 is 21.6 Å². The van der Waals surface area contributed by atoms with E-state index < -0.39 is 11.6 Å². The van der Waals surface area contributed by atoms with Gasteiger partial charge in [0.25, 0.3) is 0 Å². The fourth-order valence-electron chi connectivity index (χ4n) is 1.63. The van der Waals surface area contributed by atoms with Crippen molar-refractivity contribution in [3.63, 3.8) is 0 Å². The Morgan fingerprint density at radius 2 is 1.89 bits per heavy atom. The molecule has 0 aromatic heterocycles. The summed E-state index contributed by atoms with van der Waals surface area (Å²) in [5.41, 5.74) is 2.27. The van der Waals surface area contributed by atoms with Gasteiger partial charge in [-0.1, -0.05) is 15.9 Å². The van der Waals surface area contributed by atoms with E-state index in [0.29, 0.717) is 5.56 Å². The third kappa shape index (κ3) is 3.07. The summed E-state index contributed by atoms with van der Waals surface area (Å²) in [5, 5.41) is 3.07. The van der Waals surface area contributed by atoms with E-state index >= 15 is 0 Å². The first-order chi connectivity index (χ1) is 8.56. The lowest BCUT2D eigenvalue weighted by Crippen LogP contribution is -2.02. The molecule has 0 saturated heterocycles. The second-order valence-corrected chi connectivity index (χ2v) is 4.91. The first kappa shape index (κ1) is 13.0. The molecule has 0 aliphatic carbocycles. The quantitative estimate of drug-likeness (QED) is 0.870. The van der Waals surface area contributed by atoms with Gasteiger partial charge in [0, 0.05) is 22.3 Å². The number of anilines is 1. The summed E-state index contributed by atoms with van der Waals surface area (Å²) in [7, 11) is 0. The molecule has 2 aromatic carbocycles. The van der Waals surface area contributed by atoms with Crippen LogP contribution in [-0.2, 0) is 6.54 Å². The Labute approximate surface area is 113 Å². The zero-order chi connectivity index (χ0) is 13.1.